The van der Waals surface area contributed by atoms with Crippen LogP contribution in [-0.2, 0) is 4.74 Å². The summed E-state index contributed by atoms with van der Waals surface area (Å²) < 4.78 is 27.3. The molecule has 0 amide bonds. The fourth-order valence-corrected chi connectivity index (χ4v) is 4.42. The van der Waals surface area contributed by atoms with E-state index in [0.717, 1.165) is 24.3 Å². The van der Waals surface area contributed by atoms with Gasteiger partial charge in [-0.1, -0.05) is 12.1 Å². The van der Waals surface area contributed by atoms with Gasteiger partial charge in [-0.05, 0) is 44.4 Å². The van der Waals surface area contributed by atoms with Crippen molar-refractivity contribution in [2.75, 3.05) is 31.7 Å². The van der Waals surface area contributed by atoms with E-state index in [2.05, 4.69) is 49.3 Å². The van der Waals surface area contributed by atoms with Crippen molar-refractivity contribution in [3.05, 3.63) is 54.0 Å². The molecule has 0 bridgehead atoms. The first-order valence-corrected chi connectivity index (χ1v) is 12.0. The SMILES string of the molecule is CCOC(=O)c1cnn(-c2nc(OC)c3c(cnn3C(C)c3ccc(N4CCC(F)CC4)cc3)n2)c1. The Morgan fingerprint density at radius 2 is 1.89 bits per heavy atom. The maximum absolute atomic E-state index is 13.5. The Kier molecular flexibility index (Phi) is 6.53. The standard InChI is InChI=1S/C25H28FN7O3/c1-4-36-24(34)18-13-27-32(15-18)25-29-21-14-28-33(22(21)23(30-25)35-3)16(2)17-5-7-20(8-6-17)31-11-9-19(26)10-12-31/h5-8,13-16,19H,4,9-12H2,1-3H3. The number of piperidine rings is 1. The minimum absolute atomic E-state index is 0.114. The number of methoxy groups -OCH3 is 1. The van der Waals surface area contributed by atoms with Gasteiger partial charge >= 0.3 is 5.97 Å². The fourth-order valence-electron chi connectivity index (χ4n) is 4.42. The molecule has 188 valence electrons. The Hall–Kier alpha value is -4.02. The third kappa shape index (κ3) is 4.48. The maximum atomic E-state index is 13.5. The number of ether oxygens (including phenoxy) is 2. The van der Waals surface area contributed by atoms with Crippen LogP contribution in [0.1, 0.15) is 48.7 Å². The topological polar surface area (TPSA) is 100 Å². The van der Waals surface area contributed by atoms with E-state index in [1.807, 2.05) is 11.6 Å². The molecule has 1 saturated heterocycles. The maximum Gasteiger partial charge on any atom is 0.341 e. The van der Waals surface area contributed by atoms with Crippen LogP contribution in [-0.4, -0.2) is 68.5 Å². The zero-order chi connectivity index (χ0) is 25.2. The molecule has 36 heavy (non-hydrogen) atoms. The van der Waals surface area contributed by atoms with Gasteiger partial charge < -0.3 is 14.4 Å². The molecule has 1 fully saturated rings. The zero-order valence-corrected chi connectivity index (χ0v) is 20.5. The molecule has 0 aliphatic carbocycles. The average Bonchev–Trinajstić information content (AvgIpc) is 3.56. The molecule has 1 unspecified atom stereocenters. The third-order valence-electron chi connectivity index (χ3n) is 6.42. The molecule has 11 heteroatoms. The molecule has 1 aliphatic rings. The van der Waals surface area contributed by atoms with E-state index < -0.39 is 12.1 Å². The lowest BCUT2D eigenvalue weighted by Gasteiger charge is -2.30. The number of halogens is 1. The Morgan fingerprint density at radius 3 is 2.58 bits per heavy atom. The lowest BCUT2D eigenvalue weighted by atomic mass is 10.1. The number of hydrogen-bond donors (Lipinski definition) is 0. The minimum Gasteiger partial charge on any atom is -0.479 e. The Balaban J connectivity index is 1.42. The number of alkyl halides is 1. The van der Waals surface area contributed by atoms with Gasteiger partial charge in [0.1, 0.15) is 17.2 Å². The molecule has 10 nitrogen and oxygen atoms in total. The highest BCUT2D eigenvalue weighted by atomic mass is 19.1. The summed E-state index contributed by atoms with van der Waals surface area (Å²) in [5.74, 6) is 0.137. The average molecular weight is 494 g/mol. The van der Waals surface area contributed by atoms with Crippen LogP contribution in [0.2, 0.25) is 0 Å². The van der Waals surface area contributed by atoms with E-state index in [0.29, 0.717) is 35.3 Å². The minimum atomic E-state index is -0.695. The van der Waals surface area contributed by atoms with Crippen LogP contribution < -0.4 is 9.64 Å². The highest BCUT2D eigenvalue weighted by molar-refractivity contribution is 5.88. The number of anilines is 1. The summed E-state index contributed by atoms with van der Waals surface area (Å²) in [5, 5.41) is 8.77. The molecule has 0 saturated carbocycles. The van der Waals surface area contributed by atoms with Crippen molar-refractivity contribution in [3.8, 4) is 11.8 Å². The molecule has 0 radical (unpaired) electrons. The first-order chi connectivity index (χ1) is 17.5. The molecule has 0 N–H and O–H groups in total. The van der Waals surface area contributed by atoms with Crippen molar-refractivity contribution in [2.24, 2.45) is 0 Å². The van der Waals surface area contributed by atoms with Gasteiger partial charge in [0.25, 0.3) is 5.95 Å². The highest BCUT2D eigenvalue weighted by Gasteiger charge is 2.22. The summed E-state index contributed by atoms with van der Waals surface area (Å²) in [6.45, 7) is 5.52. The summed E-state index contributed by atoms with van der Waals surface area (Å²) >= 11 is 0. The number of aromatic nitrogens is 6. The van der Waals surface area contributed by atoms with Gasteiger partial charge in [0, 0.05) is 25.0 Å². The zero-order valence-electron chi connectivity index (χ0n) is 20.5. The smallest absolute Gasteiger partial charge is 0.341 e. The first kappa shape index (κ1) is 23.7. The summed E-state index contributed by atoms with van der Waals surface area (Å²) in [4.78, 5) is 23.3. The van der Waals surface area contributed by atoms with Crippen LogP contribution in [0, 0.1) is 0 Å². The number of esters is 1. The fraction of sp³-hybridized carbons (Fsp3) is 0.400. The normalized spacial score (nSPS) is 15.3. The predicted octanol–water partition coefficient (Wildman–Crippen LogP) is 3.74. The molecular weight excluding hydrogens is 465 g/mol. The van der Waals surface area contributed by atoms with E-state index in [4.69, 9.17) is 9.47 Å². The van der Waals surface area contributed by atoms with Crippen molar-refractivity contribution in [2.45, 2.75) is 38.9 Å². The number of rotatable bonds is 7. The van der Waals surface area contributed by atoms with Gasteiger partial charge in [-0.3, -0.25) is 4.68 Å². The Morgan fingerprint density at radius 1 is 1.14 bits per heavy atom. The second-order valence-corrected chi connectivity index (χ2v) is 8.68. The molecule has 1 aromatic carbocycles. The van der Waals surface area contributed by atoms with Crippen LogP contribution in [0.4, 0.5) is 10.1 Å². The Labute approximate surface area is 207 Å². The number of carbonyl (C=O) groups excluding carboxylic acids is 1. The Bertz CT molecular complexity index is 1360. The van der Waals surface area contributed by atoms with E-state index in [1.165, 1.54) is 24.2 Å². The molecule has 1 aliphatic heterocycles. The number of nitrogens with zero attached hydrogens (tertiary/aromatic N) is 7. The van der Waals surface area contributed by atoms with Gasteiger partial charge in [0.05, 0.1) is 37.7 Å². The summed E-state index contributed by atoms with van der Waals surface area (Å²) in [7, 11) is 1.54. The molecule has 4 heterocycles. The molecular formula is C25H28FN7O3. The largest absolute Gasteiger partial charge is 0.479 e. The quantitative estimate of drug-likeness (QED) is 0.359. The van der Waals surface area contributed by atoms with Gasteiger partial charge in [-0.2, -0.15) is 15.2 Å². The number of carbonyl (C=O) groups is 1. The molecule has 0 spiro atoms. The molecule has 5 rings (SSSR count). The number of fused-ring (bicyclic) bond motifs is 1. The van der Waals surface area contributed by atoms with Crippen LogP contribution in [0.5, 0.6) is 5.88 Å². The molecule has 3 aromatic heterocycles. The van der Waals surface area contributed by atoms with Crippen LogP contribution in [0.15, 0.2) is 42.9 Å². The van der Waals surface area contributed by atoms with Crippen LogP contribution >= 0.6 is 0 Å². The molecule has 1 atom stereocenters. The molecule has 4 aromatic rings. The van der Waals surface area contributed by atoms with Crippen molar-refractivity contribution in [1.82, 2.24) is 29.5 Å². The van der Waals surface area contributed by atoms with Crippen molar-refractivity contribution < 1.29 is 18.7 Å². The van der Waals surface area contributed by atoms with Crippen LogP contribution in [0.25, 0.3) is 17.0 Å². The van der Waals surface area contributed by atoms with E-state index in [-0.39, 0.29) is 18.6 Å². The monoisotopic (exact) mass is 493 g/mol. The van der Waals surface area contributed by atoms with Gasteiger partial charge in [-0.25, -0.2) is 18.9 Å². The predicted molar refractivity (Wildman–Crippen MR) is 132 cm³/mol. The van der Waals surface area contributed by atoms with Crippen molar-refractivity contribution in [1.29, 1.82) is 0 Å². The van der Waals surface area contributed by atoms with Crippen molar-refractivity contribution in [3.63, 3.8) is 0 Å². The van der Waals surface area contributed by atoms with Gasteiger partial charge in [-0.15, -0.1) is 0 Å². The second-order valence-electron chi connectivity index (χ2n) is 8.68. The van der Waals surface area contributed by atoms with Crippen molar-refractivity contribution >= 4 is 22.7 Å². The summed E-state index contributed by atoms with van der Waals surface area (Å²) in [6.07, 6.45) is 5.03. The van der Waals surface area contributed by atoms with E-state index in [9.17, 15) is 9.18 Å². The lowest BCUT2D eigenvalue weighted by molar-refractivity contribution is 0.0526. The lowest BCUT2D eigenvalue weighted by Crippen LogP contribution is -2.34. The highest BCUT2D eigenvalue weighted by Crippen LogP contribution is 2.30. The number of hydrogen-bond acceptors (Lipinski definition) is 8. The summed E-state index contributed by atoms with van der Waals surface area (Å²) in [5.41, 5.74) is 3.70. The van der Waals surface area contributed by atoms with Gasteiger partial charge in [0.2, 0.25) is 5.88 Å². The van der Waals surface area contributed by atoms with E-state index in [1.54, 1.807) is 13.1 Å². The van der Waals surface area contributed by atoms with Gasteiger partial charge in [0.15, 0.2) is 0 Å². The van der Waals surface area contributed by atoms with Crippen LogP contribution in [0.3, 0.4) is 0 Å². The van der Waals surface area contributed by atoms with E-state index >= 15 is 0 Å². The second kappa shape index (κ2) is 9.92. The first-order valence-electron chi connectivity index (χ1n) is 12.0. The number of benzene rings is 1. The third-order valence-corrected chi connectivity index (χ3v) is 6.42. The summed E-state index contributed by atoms with van der Waals surface area (Å²) in [6, 6.07) is 8.16.